The van der Waals surface area contributed by atoms with Crippen molar-refractivity contribution in [2.75, 3.05) is 20.3 Å². The van der Waals surface area contributed by atoms with Gasteiger partial charge >= 0.3 is 11.8 Å². The van der Waals surface area contributed by atoms with Crippen molar-refractivity contribution < 1.29 is 24.8 Å². The normalized spacial score (nSPS) is 11.5. The first-order chi connectivity index (χ1) is 12.3. The third kappa shape index (κ3) is 5.87. The van der Waals surface area contributed by atoms with Crippen LogP contribution in [-0.2, 0) is 17.8 Å². The zero-order chi connectivity index (χ0) is 19.7. The molecule has 26 heavy (non-hydrogen) atoms. The maximum Gasteiger partial charge on any atom is 0.434 e. The van der Waals surface area contributed by atoms with Crippen LogP contribution >= 0.6 is 0 Å². The van der Waals surface area contributed by atoms with Crippen LogP contribution in [0.3, 0.4) is 0 Å². The Morgan fingerprint density at radius 2 is 2.00 bits per heavy atom. The van der Waals surface area contributed by atoms with Crippen LogP contribution in [0.5, 0.6) is 0 Å². The highest BCUT2D eigenvalue weighted by molar-refractivity contribution is 5.18. The number of imidazole rings is 2. The van der Waals surface area contributed by atoms with Gasteiger partial charge in [-0.3, -0.25) is 0 Å². The Balaban J connectivity index is 0.000000263. The Morgan fingerprint density at radius 1 is 1.31 bits per heavy atom. The van der Waals surface area contributed by atoms with Gasteiger partial charge in [0.2, 0.25) is 0 Å². The van der Waals surface area contributed by atoms with Crippen LogP contribution in [0.15, 0.2) is 18.6 Å². The number of aryl methyl sites for hydroxylation is 1. The SMILES string of the molecule is COCC(O)Cn1ccnc1[N+](=O)[O-].Cc1ncc([N+](=O)[O-])n1CCO. The fourth-order valence-corrected chi connectivity index (χ4v) is 2.07. The molecule has 0 bridgehead atoms. The van der Waals surface area contributed by atoms with Gasteiger partial charge in [0.15, 0.2) is 5.82 Å². The predicted molar refractivity (Wildman–Crippen MR) is 87.5 cm³/mol. The highest BCUT2D eigenvalue weighted by Gasteiger charge is 2.17. The summed E-state index contributed by atoms with van der Waals surface area (Å²) in [6.07, 6.45) is 3.17. The Morgan fingerprint density at radius 3 is 2.54 bits per heavy atom. The van der Waals surface area contributed by atoms with Gasteiger partial charge in [0.05, 0.1) is 19.8 Å². The standard InChI is InChI=1S/C7H11N3O4.C6H9N3O3/c1-14-5-6(11)4-9-3-2-8-7(9)10(12)13;1-5-7-4-6(9(11)12)8(5)2-3-10/h2-3,6,11H,4-5H2,1H3;4,10H,2-3H2,1H3. The molecule has 2 rings (SSSR count). The third-order valence-corrected chi connectivity index (χ3v) is 3.17. The number of nitrogens with zero attached hydrogens (tertiary/aromatic N) is 6. The number of aliphatic hydroxyl groups is 2. The van der Waals surface area contributed by atoms with Gasteiger partial charge in [-0.1, -0.05) is 4.98 Å². The van der Waals surface area contributed by atoms with E-state index < -0.39 is 16.0 Å². The Hall–Kier alpha value is -2.90. The van der Waals surface area contributed by atoms with E-state index in [1.54, 1.807) is 6.92 Å². The number of aliphatic hydroxyl groups excluding tert-OH is 2. The van der Waals surface area contributed by atoms with E-state index in [1.807, 2.05) is 0 Å². The Kier molecular flexibility index (Phi) is 8.27. The molecule has 0 saturated carbocycles. The number of ether oxygens (including phenoxy) is 1. The second kappa shape index (κ2) is 10.2. The number of aromatic nitrogens is 4. The van der Waals surface area contributed by atoms with Gasteiger partial charge in [-0.05, 0) is 9.85 Å². The highest BCUT2D eigenvalue weighted by Crippen LogP contribution is 2.12. The second-order valence-corrected chi connectivity index (χ2v) is 5.04. The van der Waals surface area contributed by atoms with E-state index in [1.165, 1.54) is 34.8 Å². The lowest BCUT2D eigenvalue weighted by Gasteiger charge is -2.07. The number of rotatable bonds is 8. The third-order valence-electron chi connectivity index (χ3n) is 3.17. The number of hydrogen-bond acceptors (Lipinski definition) is 9. The largest absolute Gasteiger partial charge is 0.434 e. The molecule has 1 atom stereocenters. The predicted octanol–water partition coefficient (Wildman–Crippen LogP) is -0.109. The molecule has 2 heterocycles. The van der Waals surface area contributed by atoms with Crippen molar-refractivity contribution in [3.63, 3.8) is 0 Å². The average Bonchev–Trinajstić information content (AvgIpc) is 3.16. The quantitative estimate of drug-likeness (QED) is 0.473. The van der Waals surface area contributed by atoms with Crippen molar-refractivity contribution in [3.8, 4) is 0 Å². The molecule has 0 saturated heterocycles. The summed E-state index contributed by atoms with van der Waals surface area (Å²) in [5.41, 5.74) is 0. The topological polar surface area (TPSA) is 172 Å². The van der Waals surface area contributed by atoms with Crippen molar-refractivity contribution >= 4 is 11.8 Å². The first-order valence-electron chi connectivity index (χ1n) is 7.41. The summed E-state index contributed by atoms with van der Waals surface area (Å²) in [4.78, 5) is 27.0. The monoisotopic (exact) mass is 372 g/mol. The van der Waals surface area contributed by atoms with Gasteiger partial charge in [0.1, 0.15) is 31.2 Å². The van der Waals surface area contributed by atoms with E-state index in [-0.39, 0.29) is 38.1 Å². The molecule has 13 nitrogen and oxygen atoms in total. The van der Waals surface area contributed by atoms with E-state index in [9.17, 15) is 25.3 Å². The van der Waals surface area contributed by atoms with Gasteiger partial charge in [-0.25, -0.2) is 14.1 Å². The maximum atomic E-state index is 10.4. The summed E-state index contributed by atoms with van der Waals surface area (Å²) in [6, 6.07) is 0. The van der Waals surface area contributed by atoms with Crippen LogP contribution in [0.4, 0.5) is 11.8 Å². The molecule has 0 aliphatic carbocycles. The van der Waals surface area contributed by atoms with E-state index in [4.69, 9.17) is 9.84 Å². The second-order valence-electron chi connectivity index (χ2n) is 5.04. The fourth-order valence-electron chi connectivity index (χ4n) is 2.07. The van der Waals surface area contributed by atoms with Crippen molar-refractivity contribution in [3.05, 3.63) is 44.6 Å². The van der Waals surface area contributed by atoms with Gasteiger partial charge in [-0.2, -0.15) is 0 Å². The molecular weight excluding hydrogens is 352 g/mol. The van der Waals surface area contributed by atoms with Crippen molar-refractivity contribution in [2.24, 2.45) is 0 Å². The zero-order valence-electron chi connectivity index (χ0n) is 14.3. The summed E-state index contributed by atoms with van der Waals surface area (Å²) >= 11 is 0. The summed E-state index contributed by atoms with van der Waals surface area (Å²) in [6.45, 7) is 1.97. The van der Waals surface area contributed by atoms with Crippen molar-refractivity contribution in [1.29, 1.82) is 0 Å². The molecule has 0 aliphatic heterocycles. The average molecular weight is 372 g/mol. The minimum atomic E-state index is -0.770. The van der Waals surface area contributed by atoms with Crippen LogP contribution in [0.2, 0.25) is 0 Å². The zero-order valence-corrected chi connectivity index (χ0v) is 14.3. The Bertz CT molecular complexity index is 728. The van der Waals surface area contributed by atoms with Crippen LogP contribution < -0.4 is 0 Å². The molecule has 0 radical (unpaired) electrons. The highest BCUT2D eigenvalue weighted by atomic mass is 16.6. The summed E-state index contributed by atoms with van der Waals surface area (Å²) in [5.74, 6) is 0.178. The maximum absolute atomic E-state index is 10.4. The lowest BCUT2D eigenvalue weighted by atomic mass is 10.4. The molecule has 144 valence electrons. The molecule has 2 aromatic heterocycles. The number of methoxy groups -OCH3 is 1. The summed E-state index contributed by atoms with van der Waals surface area (Å²) in [7, 11) is 1.45. The summed E-state index contributed by atoms with van der Waals surface area (Å²) in [5, 5.41) is 38.7. The van der Waals surface area contributed by atoms with Gasteiger partial charge in [0.25, 0.3) is 0 Å². The van der Waals surface area contributed by atoms with E-state index >= 15 is 0 Å². The van der Waals surface area contributed by atoms with Crippen LogP contribution in [0.25, 0.3) is 0 Å². The van der Waals surface area contributed by atoms with Gasteiger partial charge < -0.3 is 35.2 Å². The van der Waals surface area contributed by atoms with Gasteiger partial charge in [0, 0.05) is 14.0 Å². The minimum Gasteiger partial charge on any atom is -0.392 e. The number of nitro groups is 2. The lowest BCUT2D eigenvalue weighted by Crippen LogP contribution is -2.21. The molecule has 0 amide bonds. The molecule has 0 spiro atoms. The van der Waals surface area contributed by atoms with Crippen molar-refractivity contribution in [1.82, 2.24) is 19.1 Å². The van der Waals surface area contributed by atoms with Crippen LogP contribution in [0.1, 0.15) is 5.82 Å². The lowest BCUT2D eigenvalue weighted by molar-refractivity contribution is -0.397. The molecule has 0 fully saturated rings. The molecule has 2 aromatic rings. The smallest absolute Gasteiger partial charge is 0.392 e. The van der Waals surface area contributed by atoms with Crippen LogP contribution in [-0.4, -0.2) is 65.6 Å². The van der Waals surface area contributed by atoms with Gasteiger partial charge in [-0.15, -0.1) is 0 Å². The molecule has 0 aliphatic rings. The summed E-state index contributed by atoms with van der Waals surface area (Å²) < 4.78 is 7.33. The van der Waals surface area contributed by atoms with E-state index in [0.29, 0.717) is 5.82 Å². The first-order valence-corrected chi connectivity index (χ1v) is 7.41. The minimum absolute atomic E-state index is 0.0819. The Labute approximate surface area is 147 Å². The molecular formula is C13H20N6O7. The molecule has 13 heteroatoms. The molecule has 1 unspecified atom stereocenters. The van der Waals surface area contributed by atoms with Crippen molar-refractivity contribution in [2.45, 2.75) is 26.1 Å². The fraction of sp³-hybridized carbons (Fsp3) is 0.538. The molecule has 2 N–H and O–H groups in total. The van der Waals surface area contributed by atoms with Crippen LogP contribution in [0, 0.1) is 27.2 Å². The molecule has 0 aromatic carbocycles. The number of hydrogen-bond donors (Lipinski definition) is 2. The first kappa shape index (κ1) is 21.1. The van der Waals surface area contributed by atoms with E-state index in [2.05, 4.69) is 9.97 Å². The van der Waals surface area contributed by atoms with E-state index in [0.717, 1.165) is 0 Å².